The van der Waals surface area contributed by atoms with Crippen molar-refractivity contribution in [1.29, 1.82) is 0 Å². The van der Waals surface area contributed by atoms with Crippen LogP contribution in [0.25, 0.3) is 0 Å². The van der Waals surface area contributed by atoms with Gasteiger partial charge in [0, 0.05) is 26.2 Å². The van der Waals surface area contributed by atoms with E-state index in [-0.39, 0.29) is 0 Å². The van der Waals surface area contributed by atoms with Crippen molar-refractivity contribution in [1.82, 2.24) is 4.90 Å². The van der Waals surface area contributed by atoms with Gasteiger partial charge in [0.25, 0.3) is 0 Å². The molecule has 0 aromatic rings. The molecular formula is C8H21N3S. The van der Waals surface area contributed by atoms with Gasteiger partial charge in [0.1, 0.15) is 0 Å². The fraction of sp³-hybridized carbons (Fsp3) is 1.00. The van der Waals surface area contributed by atoms with E-state index in [0.717, 1.165) is 32.7 Å². The van der Waals surface area contributed by atoms with Crippen molar-refractivity contribution >= 4 is 11.8 Å². The van der Waals surface area contributed by atoms with Gasteiger partial charge in [0.05, 0.1) is 0 Å². The Morgan fingerprint density at radius 2 is 1.67 bits per heavy atom. The van der Waals surface area contributed by atoms with Crippen LogP contribution in [0.4, 0.5) is 0 Å². The van der Waals surface area contributed by atoms with Crippen molar-refractivity contribution in [3.05, 3.63) is 0 Å². The molecule has 0 atom stereocenters. The van der Waals surface area contributed by atoms with Gasteiger partial charge in [-0.25, -0.2) is 0 Å². The molecule has 4 heteroatoms. The molecule has 0 heterocycles. The second-order valence-electron chi connectivity index (χ2n) is 2.77. The smallest absolute Gasteiger partial charge is 0.0105 e. The molecule has 0 aromatic heterocycles. The largest absolute Gasteiger partial charge is 0.329 e. The zero-order chi connectivity index (χ0) is 9.23. The third-order valence-electron chi connectivity index (χ3n) is 1.71. The predicted molar refractivity (Wildman–Crippen MR) is 57.5 cm³/mol. The van der Waals surface area contributed by atoms with Crippen molar-refractivity contribution in [2.75, 3.05) is 44.7 Å². The highest BCUT2D eigenvalue weighted by molar-refractivity contribution is 7.98. The summed E-state index contributed by atoms with van der Waals surface area (Å²) in [6.07, 6.45) is 3.37. The van der Waals surface area contributed by atoms with E-state index in [1.807, 2.05) is 11.8 Å². The van der Waals surface area contributed by atoms with Gasteiger partial charge in [0.15, 0.2) is 0 Å². The third kappa shape index (κ3) is 6.91. The monoisotopic (exact) mass is 191 g/mol. The first-order valence-corrected chi connectivity index (χ1v) is 5.86. The first-order chi connectivity index (χ1) is 5.85. The summed E-state index contributed by atoms with van der Waals surface area (Å²) in [5.74, 6) is 1.23. The second-order valence-corrected chi connectivity index (χ2v) is 3.75. The Bertz CT molecular complexity index is 84.4. The first-order valence-electron chi connectivity index (χ1n) is 4.46. The Morgan fingerprint density at radius 1 is 1.08 bits per heavy atom. The minimum Gasteiger partial charge on any atom is -0.329 e. The van der Waals surface area contributed by atoms with Crippen LogP contribution >= 0.6 is 11.8 Å². The highest BCUT2D eigenvalue weighted by atomic mass is 32.2. The zero-order valence-electron chi connectivity index (χ0n) is 7.96. The van der Waals surface area contributed by atoms with Crippen LogP contribution in [0, 0.1) is 0 Å². The Labute approximate surface area is 79.9 Å². The minimum atomic E-state index is 0.735. The molecule has 0 aliphatic carbocycles. The van der Waals surface area contributed by atoms with Crippen molar-refractivity contribution in [3.8, 4) is 0 Å². The van der Waals surface area contributed by atoms with E-state index in [0.29, 0.717) is 0 Å². The van der Waals surface area contributed by atoms with Crippen LogP contribution < -0.4 is 11.5 Å². The molecule has 0 saturated carbocycles. The Kier molecular flexibility index (Phi) is 9.50. The van der Waals surface area contributed by atoms with Crippen LogP contribution in [0.3, 0.4) is 0 Å². The highest BCUT2D eigenvalue weighted by Gasteiger charge is 2.00. The average molecular weight is 191 g/mol. The van der Waals surface area contributed by atoms with Crippen LogP contribution in [0.1, 0.15) is 6.42 Å². The van der Waals surface area contributed by atoms with E-state index in [2.05, 4.69) is 11.2 Å². The lowest BCUT2D eigenvalue weighted by Crippen LogP contribution is -2.34. The van der Waals surface area contributed by atoms with Crippen LogP contribution in [-0.2, 0) is 0 Å². The van der Waals surface area contributed by atoms with Gasteiger partial charge in [-0.05, 0) is 25.0 Å². The quantitative estimate of drug-likeness (QED) is 0.529. The molecule has 4 N–H and O–H groups in total. The summed E-state index contributed by atoms with van der Waals surface area (Å²) in [6.45, 7) is 4.56. The molecular weight excluding hydrogens is 170 g/mol. The topological polar surface area (TPSA) is 55.3 Å². The number of hydrogen-bond acceptors (Lipinski definition) is 4. The van der Waals surface area contributed by atoms with E-state index < -0.39 is 0 Å². The average Bonchev–Trinajstić information content (AvgIpc) is 2.06. The van der Waals surface area contributed by atoms with E-state index in [1.54, 1.807) is 0 Å². The summed E-state index contributed by atoms with van der Waals surface area (Å²) < 4.78 is 0. The highest BCUT2D eigenvalue weighted by Crippen LogP contribution is 1.97. The summed E-state index contributed by atoms with van der Waals surface area (Å²) in [4.78, 5) is 2.33. The van der Waals surface area contributed by atoms with Gasteiger partial charge in [-0.2, -0.15) is 11.8 Å². The van der Waals surface area contributed by atoms with Crippen LogP contribution in [0.5, 0.6) is 0 Å². The molecule has 0 fully saturated rings. The summed E-state index contributed by atoms with van der Waals surface area (Å²) in [6, 6.07) is 0. The van der Waals surface area contributed by atoms with Crippen molar-refractivity contribution in [3.63, 3.8) is 0 Å². The molecule has 0 aromatic carbocycles. The fourth-order valence-electron chi connectivity index (χ4n) is 1.13. The molecule has 0 bridgehead atoms. The van der Waals surface area contributed by atoms with Gasteiger partial charge in [-0.3, -0.25) is 0 Å². The summed E-state index contributed by atoms with van der Waals surface area (Å²) in [7, 11) is 0. The van der Waals surface area contributed by atoms with Gasteiger partial charge in [-0.1, -0.05) is 0 Å². The van der Waals surface area contributed by atoms with Crippen LogP contribution in [-0.4, -0.2) is 49.6 Å². The first kappa shape index (κ1) is 12.2. The molecule has 0 saturated heterocycles. The number of thioether (sulfide) groups is 1. The molecule has 0 radical (unpaired) electrons. The molecule has 12 heavy (non-hydrogen) atoms. The van der Waals surface area contributed by atoms with Crippen molar-refractivity contribution in [2.45, 2.75) is 6.42 Å². The third-order valence-corrected chi connectivity index (χ3v) is 2.41. The Morgan fingerprint density at radius 3 is 2.08 bits per heavy atom. The predicted octanol–water partition coefficient (Wildman–Crippen LogP) is -0.0411. The molecule has 0 unspecified atom stereocenters. The number of hydrogen-bond donors (Lipinski definition) is 2. The number of nitrogens with two attached hydrogens (primary N) is 2. The standard InChI is InChI=1S/C8H21N3S/c1-12-8-2-5-11(6-3-9)7-4-10/h2-10H2,1H3. The maximum atomic E-state index is 5.48. The summed E-state index contributed by atoms with van der Waals surface area (Å²) in [5, 5.41) is 0. The van der Waals surface area contributed by atoms with E-state index in [1.165, 1.54) is 12.2 Å². The van der Waals surface area contributed by atoms with Crippen molar-refractivity contribution < 1.29 is 0 Å². The zero-order valence-corrected chi connectivity index (χ0v) is 8.78. The minimum absolute atomic E-state index is 0.735. The molecule has 0 amide bonds. The maximum Gasteiger partial charge on any atom is 0.0105 e. The second kappa shape index (κ2) is 9.32. The normalized spacial score (nSPS) is 11.0. The number of nitrogens with zero attached hydrogens (tertiary/aromatic N) is 1. The lowest BCUT2D eigenvalue weighted by atomic mass is 10.4. The molecule has 3 nitrogen and oxygen atoms in total. The van der Waals surface area contributed by atoms with Gasteiger partial charge in [-0.15, -0.1) is 0 Å². The summed E-state index contributed by atoms with van der Waals surface area (Å²) in [5.41, 5.74) is 11.0. The summed E-state index contributed by atoms with van der Waals surface area (Å²) >= 11 is 1.89. The van der Waals surface area contributed by atoms with E-state index in [9.17, 15) is 0 Å². The Balaban J connectivity index is 3.34. The molecule has 0 spiro atoms. The van der Waals surface area contributed by atoms with Gasteiger partial charge >= 0.3 is 0 Å². The maximum absolute atomic E-state index is 5.48. The molecule has 0 rings (SSSR count). The SMILES string of the molecule is CSCCCN(CCN)CCN. The molecule has 0 aliphatic rings. The van der Waals surface area contributed by atoms with Crippen LogP contribution in [0.2, 0.25) is 0 Å². The van der Waals surface area contributed by atoms with Gasteiger partial charge in [0.2, 0.25) is 0 Å². The van der Waals surface area contributed by atoms with E-state index >= 15 is 0 Å². The number of rotatable bonds is 8. The fourth-order valence-corrected chi connectivity index (χ4v) is 1.55. The lowest BCUT2D eigenvalue weighted by molar-refractivity contribution is 0.290. The van der Waals surface area contributed by atoms with Crippen LogP contribution in [0.15, 0.2) is 0 Å². The molecule has 74 valence electrons. The van der Waals surface area contributed by atoms with Crippen molar-refractivity contribution in [2.24, 2.45) is 11.5 Å². The Hall–Kier alpha value is 0.230. The molecule has 0 aliphatic heterocycles. The van der Waals surface area contributed by atoms with Gasteiger partial charge < -0.3 is 16.4 Å². The lowest BCUT2D eigenvalue weighted by Gasteiger charge is -2.20. The van der Waals surface area contributed by atoms with E-state index in [4.69, 9.17) is 11.5 Å².